The van der Waals surface area contributed by atoms with Crippen LogP contribution in [0.1, 0.15) is 5.56 Å². The Hall–Kier alpha value is -1.73. The lowest BCUT2D eigenvalue weighted by molar-refractivity contribution is 0.412. The zero-order valence-corrected chi connectivity index (χ0v) is 14.0. The molecule has 2 aromatic carbocycles. The Kier molecular flexibility index (Phi) is 4.43. The van der Waals surface area contributed by atoms with Crippen molar-refractivity contribution in [3.05, 3.63) is 46.4 Å². The van der Waals surface area contributed by atoms with Crippen molar-refractivity contribution in [3.63, 3.8) is 0 Å². The van der Waals surface area contributed by atoms with Crippen LogP contribution in [0.15, 0.2) is 45.8 Å². The Morgan fingerprint density at radius 1 is 1.19 bits per heavy atom. The Morgan fingerprint density at radius 3 is 2.52 bits per heavy atom. The Morgan fingerprint density at radius 2 is 1.90 bits per heavy atom. The van der Waals surface area contributed by atoms with Crippen LogP contribution in [-0.2, 0) is 10.0 Å². The first-order valence-electron chi connectivity index (χ1n) is 6.06. The van der Waals surface area contributed by atoms with Gasteiger partial charge in [-0.1, -0.05) is 6.07 Å². The van der Waals surface area contributed by atoms with Gasteiger partial charge < -0.3 is 10.5 Å². The first-order valence-corrected chi connectivity index (χ1v) is 8.33. The quantitative estimate of drug-likeness (QED) is 0.809. The van der Waals surface area contributed by atoms with E-state index in [1.165, 1.54) is 13.2 Å². The zero-order chi connectivity index (χ0) is 15.6. The van der Waals surface area contributed by atoms with Crippen molar-refractivity contribution in [1.29, 1.82) is 0 Å². The van der Waals surface area contributed by atoms with Crippen LogP contribution in [0.3, 0.4) is 0 Å². The number of ether oxygens (including phenoxy) is 1. The van der Waals surface area contributed by atoms with E-state index in [4.69, 9.17) is 10.5 Å². The van der Waals surface area contributed by atoms with E-state index >= 15 is 0 Å². The van der Waals surface area contributed by atoms with Crippen LogP contribution in [0, 0.1) is 6.92 Å². The van der Waals surface area contributed by atoms with Crippen LogP contribution in [0.2, 0.25) is 0 Å². The number of hydrogen-bond acceptors (Lipinski definition) is 4. The van der Waals surface area contributed by atoms with E-state index in [0.29, 0.717) is 11.4 Å². The molecule has 0 heterocycles. The summed E-state index contributed by atoms with van der Waals surface area (Å²) in [6, 6.07) is 9.74. The summed E-state index contributed by atoms with van der Waals surface area (Å²) in [6.45, 7) is 1.85. The SMILES string of the molecule is COc1cc(NS(=O)(=O)c2ccc(C)cc2N)ccc1Br. The van der Waals surface area contributed by atoms with Crippen molar-refractivity contribution in [2.24, 2.45) is 0 Å². The predicted molar refractivity (Wildman–Crippen MR) is 87.1 cm³/mol. The molecule has 0 aromatic heterocycles. The zero-order valence-electron chi connectivity index (χ0n) is 11.6. The number of nitrogens with two attached hydrogens (primary N) is 1. The predicted octanol–water partition coefficient (Wildman–Crippen LogP) is 3.15. The second kappa shape index (κ2) is 5.95. The van der Waals surface area contributed by atoms with Gasteiger partial charge in [-0.05, 0) is 52.7 Å². The van der Waals surface area contributed by atoms with Crippen molar-refractivity contribution in [1.82, 2.24) is 0 Å². The van der Waals surface area contributed by atoms with Gasteiger partial charge in [-0.15, -0.1) is 0 Å². The molecule has 0 spiro atoms. The molecular weight excluding hydrogens is 356 g/mol. The fourth-order valence-electron chi connectivity index (χ4n) is 1.85. The highest BCUT2D eigenvalue weighted by Gasteiger charge is 2.18. The van der Waals surface area contributed by atoms with Gasteiger partial charge in [-0.2, -0.15) is 0 Å². The topological polar surface area (TPSA) is 81.4 Å². The third-order valence-electron chi connectivity index (χ3n) is 2.86. The molecule has 0 atom stereocenters. The lowest BCUT2D eigenvalue weighted by Crippen LogP contribution is -2.15. The first-order chi connectivity index (χ1) is 9.83. The molecule has 0 radical (unpaired) electrons. The summed E-state index contributed by atoms with van der Waals surface area (Å²) in [5.41, 5.74) is 7.30. The maximum Gasteiger partial charge on any atom is 0.263 e. The molecule has 0 amide bonds. The number of sulfonamides is 1. The largest absolute Gasteiger partial charge is 0.495 e. The van der Waals surface area contributed by atoms with Crippen molar-refractivity contribution in [2.75, 3.05) is 17.6 Å². The smallest absolute Gasteiger partial charge is 0.263 e. The van der Waals surface area contributed by atoms with Gasteiger partial charge in [0.1, 0.15) is 10.6 Å². The molecule has 0 aliphatic rings. The van der Waals surface area contributed by atoms with Crippen LogP contribution in [-0.4, -0.2) is 15.5 Å². The van der Waals surface area contributed by atoms with E-state index < -0.39 is 10.0 Å². The number of anilines is 2. The number of rotatable bonds is 4. The minimum atomic E-state index is -3.74. The van der Waals surface area contributed by atoms with Gasteiger partial charge in [0, 0.05) is 6.07 Å². The molecular formula is C14H15BrN2O3S. The summed E-state index contributed by atoms with van der Waals surface area (Å²) in [5.74, 6) is 0.534. The molecule has 5 nitrogen and oxygen atoms in total. The number of methoxy groups -OCH3 is 1. The van der Waals surface area contributed by atoms with Gasteiger partial charge in [0.2, 0.25) is 0 Å². The lowest BCUT2D eigenvalue weighted by atomic mass is 10.2. The van der Waals surface area contributed by atoms with E-state index in [1.807, 2.05) is 6.92 Å². The van der Waals surface area contributed by atoms with Crippen molar-refractivity contribution < 1.29 is 13.2 Å². The standard InChI is InChI=1S/C14H15BrN2O3S/c1-9-3-6-14(12(16)7-9)21(18,19)17-10-4-5-11(15)13(8-10)20-2/h3-8,17H,16H2,1-2H3. The monoisotopic (exact) mass is 370 g/mol. The molecule has 2 aromatic rings. The molecule has 0 aliphatic carbocycles. The Bertz CT molecular complexity index is 776. The van der Waals surface area contributed by atoms with Gasteiger partial charge in [0.05, 0.1) is 23.0 Å². The van der Waals surface area contributed by atoms with Crippen LogP contribution >= 0.6 is 15.9 Å². The van der Waals surface area contributed by atoms with Crippen LogP contribution in [0.5, 0.6) is 5.75 Å². The minimum absolute atomic E-state index is 0.0509. The van der Waals surface area contributed by atoms with Gasteiger partial charge in [-0.25, -0.2) is 8.42 Å². The Balaban J connectivity index is 2.37. The fourth-order valence-corrected chi connectivity index (χ4v) is 3.42. The third kappa shape index (κ3) is 3.48. The van der Waals surface area contributed by atoms with E-state index in [2.05, 4.69) is 20.7 Å². The first kappa shape index (κ1) is 15.7. The number of halogens is 1. The molecule has 112 valence electrons. The van der Waals surface area contributed by atoms with Gasteiger partial charge >= 0.3 is 0 Å². The molecule has 0 fully saturated rings. The third-order valence-corrected chi connectivity index (χ3v) is 4.97. The maximum atomic E-state index is 12.4. The molecule has 0 unspecified atom stereocenters. The highest BCUT2D eigenvalue weighted by Crippen LogP contribution is 2.29. The van der Waals surface area contributed by atoms with E-state index in [0.717, 1.165) is 10.0 Å². The van der Waals surface area contributed by atoms with E-state index in [9.17, 15) is 8.42 Å². The molecule has 0 saturated heterocycles. The number of aryl methyl sites for hydroxylation is 1. The molecule has 0 bridgehead atoms. The van der Waals surface area contributed by atoms with Crippen LogP contribution < -0.4 is 15.2 Å². The lowest BCUT2D eigenvalue weighted by Gasteiger charge is -2.12. The van der Waals surface area contributed by atoms with E-state index in [1.54, 1.807) is 30.3 Å². The summed E-state index contributed by atoms with van der Waals surface area (Å²) in [4.78, 5) is 0.0509. The van der Waals surface area contributed by atoms with Crippen molar-refractivity contribution >= 4 is 37.3 Å². The van der Waals surface area contributed by atoms with Crippen molar-refractivity contribution in [3.8, 4) is 5.75 Å². The molecule has 0 aliphatic heterocycles. The maximum absolute atomic E-state index is 12.4. The fraction of sp³-hybridized carbons (Fsp3) is 0.143. The van der Waals surface area contributed by atoms with Gasteiger partial charge in [-0.3, -0.25) is 4.72 Å². The van der Waals surface area contributed by atoms with Gasteiger partial charge in [0.25, 0.3) is 10.0 Å². The van der Waals surface area contributed by atoms with Crippen molar-refractivity contribution in [2.45, 2.75) is 11.8 Å². The molecule has 2 rings (SSSR count). The second-order valence-electron chi connectivity index (χ2n) is 4.50. The normalized spacial score (nSPS) is 11.2. The highest BCUT2D eigenvalue weighted by molar-refractivity contribution is 9.10. The molecule has 21 heavy (non-hydrogen) atoms. The summed E-state index contributed by atoms with van der Waals surface area (Å²) in [6.07, 6.45) is 0. The molecule has 0 saturated carbocycles. The number of hydrogen-bond donors (Lipinski definition) is 2. The number of nitrogen functional groups attached to an aromatic ring is 1. The summed E-state index contributed by atoms with van der Waals surface area (Å²) < 4.78 is 33.1. The van der Waals surface area contributed by atoms with Crippen LogP contribution in [0.4, 0.5) is 11.4 Å². The molecule has 3 N–H and O–H groups in total. The van der Waals surface area contributed by atoms with Gasteiger partial charge in [0.15, 0.2) is 0 Å². The second-order valence-corrected chi connectivity index (χ2v) is 7.00. The minimum Gasteiger partial charge on any atom is -0.495 e. The summed E-state index contributed by atoms with van der Waals surface area (Å²) in [5, 5.41) is 0. The molecule has 7 heteroatoms. The summed E-state index contributed by atoms with van der Waals surface area (Å²) >= 11 is 3.31. The van der Waals surface area contributed by atoms with E-state index in [-0.39, 0.29) is 10.6 Å². The number of nitrogens with one attached hydrogen (secondary N) is 1. The average Bonchev–Trinajstić information content (AvgIpc) is 2.40. The highest BCUT2D eigenvalue weighted by atomic mass is 79.9. The van der Waals surface area contributed by atoms with Crippen LogP contribution in [0.25, 0.3) is 0 Å². The Labute approximate surface area is 132 Å². The average molecular weight is 371 g/mol. The number of benzene rings is 2. The summed E-state index contributed by atoms with van der Waals surface area (Å²) in [7, 11) is -2.23.